The van der Waals surface area contributed by atoms with Gasteiger partial charge < -0.3 is 15.2 Å². The summed E-state index contributed by atoms with van der Waals surface area (Å²) in [5, 5.41) is 4.26. The fraction of sp³-hybridized carbons (Fsp3) is 0.308. The molecule has 2 aromatic rings. The Morgan fingerprint density at radius 1 is 1.28 bits per heavy atom. The molecule has 5 nitrogen and oxygen atoms in total. The number of anilines is 1. The van der Waals surface area contributed by atoms with Gasteiger partial charge in [-0.2, -0.15) is 5.10 Å². The highest BCUT2D eigenvalue weighted by molar-refractivity contribution is 5.51. The monoisotopic (exact) mass is 247 g/mol. The summed E-state index contributed by atoms with van der Waals surface area (Å²) in [5.74, 6) is 1.31. The number of hydrogen-bond acceptors (Lipinski definition) is 4. The minimum absolute atomic E-state index is 0.428. The van der Waals surface area contributed by atoms with E-state index in [-0.39, 0.29) is 0 Å². The summed E-state index contributed by atoms with van der Waals surface area (Å²) in [5.41, 5.74) is 8.34. The van der Waals surface area contributed by atoms with Crippen molar-refractivity contribution in [2.45, 2.75) is 13.5 Å². The molecule has 2 rings (SSSR count). The molecule has 0 saturated heterocycles. The van der Waals surface area contributed by atoms with Crippen molar-refractivity contribution in [1.82, 2.24) is 9.78 Å². The topological polar surface area (TPSA) is 62.3 Å². The van der Waals surface area contributed by atoms with Gasteiger partial charge in [0.2, 0.25) is 0 Å². The molecular weight excluding hydrogens is 230 g/mol. The summed E-state index contributed by atoms with van der Waals surface area (Å²) in [7, 11) is 3.49. The van der Waals surface area contributed by atoms with Crippen molar-refractivity contribution in [1.29, 1.82) is 0 Å². The van der Waals surface area contributed by atoms with Crippen molar-refractivity contribution in [2.24, 2.45) is 7.05 Å². The van der Waals surface area contributed by atoms with Crippen LogP contribution < -0.4 is 15.2 Å². The number of benzene rings is 1. The zero-order valence-electron chi connectivity index (χ0n) is 10.8. The number of aromatic nitrogens is 2. The SMILES string of the molecule is COc1ccc(N)cc1OCc1cc(C)nn1C. The third-order valence-corrected chi connectivity index (χ3v) is 2.66. The van der Waals surface area contributed by atoms with Gasteiger partial charge in [0, 0.05) is 18.8 Å². The van der Waals surface area contributed by atoms with Gasteiger partial charge in [-0.15, -0.1) is 0 Å². The molecule has 1 heterocycles. The van der Waals surface area contributed by atoms with Gasteiger partial charge in [-0.25, -0.2) is 0 Å². The van der Waals surface area contributed by atoms with Gasteiger partial charge in [0.15, 0.2) is 11.5 Å². The molecule has 0 aliphatic heterocycles. The summed E-state index contributed by atoms with van der Waals surface area (Å²) >= 11 is 0. The maximum Gasteiger partial charge on any atom is 0.163 e. The second-order valence-corrected chi connectivity index (χ2v) is 4.10. The number of nitrogens with two attached hydrogens (primary N) is 1. The molecule has 0 aliphatic rings. The van der Waals surface area contributed by atoms with E-state index in [0.717, 1.165) is 11.4 Å². The molecule has 0 unspecified atom stereocenters. The Kier molecular flexibility index (Phi) is 3.41. The maximum atomic E-state index is 5.73. The Morgan fingerprint density at radius 2 is 2.06 bits per heavy atom. The number of hydrogen-bond donors (Lipinski definition) is 1. The van der Waals surface area contributed by atoms with Crippen molar-refractivity contribution in [3.05, 3.63) is 35.7 Å². The van der Waals surface area contributed by atoms with E-state index < -0.39 is 0 Å². The minimum Gasteiger partial charge on any atom is -0.493 e. The normalized spacial score (nSPS) is 10.4. The van der Waals surface area contributed by atoms with Gasteiger partial charge in [0.25, 0.3) is 0 Å². The van der Waals surface area contributed by atoms with E-state index >= 15 is 0 Å². The van der Waals surface area contributed by atoms with Crippen LogP contribution in [0.5, 0.6) is 11.5 Å². The highest BCUT2D eigenvalue weighted by Crippen LogP contribution is 2.29. The smallest absolute Gasteiger partial charge is 0.163 e. The first kappa shape index (κ1) is 12.3. The Hall–Kier alpha value is -2.17. The van der Waals surface area contributed by atoms with Gasteiger partial charge >= 0.3 is 0 Å². The molecular formula is C13H17N3O2. The van der Waals surface area contributed by atoms with Crippen LogP contribution in [-0.4, -0.2) is 16.9 Å². The van der Waals surface area contributed by atoms with Gasteiger partial charge in [0.05, 0.1) is 18.5 Å². The van der Waals surface area contributed by atoms with Crippen molar-refractivity contribution < 1.29 is 9.47 Å². The van der Waals surface area contributed by atoms with E-state index in [1.165, 1.54) is 0 Å². The average molecular weight is 247 g/mol. The maximum absolute atomic E-state index is 5.73. The molecule has 0 saturated carbocycles. The molecule has 0 atom stereocenters. The second kappa shape index (κ2) is 5.00. The minimum atomic E-state index is 0.428. The third kappa shape index (κ3) is 2.56. The molecule has 1 aromatic carbocycles. The lowest BCUT2D eigenvalue weighted by molar-refractivity contribution is 0.276. The molecule has 0 bridgehead atoms. The summed E-state index contributed by atoms with van der Waals surface area (Å²) in [4.78, 5) is 0. The van der Waals surface area contributed by atoms with E-state index in [2.05, 4.69) is 5.10 Å². The standard InChI is InChI=1S/C13H17N3O2/c1-9-6-11(16(2)15-9)8-18-13-7-10(14)4-5-12(13)17-3/h4-7H,8,14H2,1-3H3. The van der Waals surface area contributed by atoms with E-state index in [1.807, 2.05) is 20.0 Å². The van der Waals surface area contributed by atoms with Crippen LogP contribution >= 0.6 is 0 Å². The van der Waals surface area contributed by atoms with Crippen LogP contribution in [0.1, 0.15) is 11.4 Å². The summed E-state index contributed by atoms with van der Waals surface area (Å²) in [6, 6.07) is 7.31. The van der Waals surface area contributed by atoms with Gasteiger partial charge in [0.1, 0.15) is 6.61 Å². The first-order valence-corrected chi connectivity index (χ1v) is 5.66. The molecule has 0 amide bonds. The zero-order chi connectivity index (χ0) is 13.1. The van der Waals surface area contributed by atoms with Crippen LogP contribution in [0.4, 0.5) is 5.69 Å². The number of ether oxygens (including phenoxy) is 2. The Labute approximate surface area is 106 Å². The van der Waals surface area contributed by atoms with Crippen LogP contribution in [0.2, 0.25) is 0 Å². The van der Waals surface area contributed by atoms with Crippen LogP contribution in [0.3, 0.4) is 0 Å². The molecule has 0 fully saturated rings. The Bertz CT molecular complexity index is 549. The predicted molar refractivity (Wildman–Crippen MR) is 69.7 cm³/mol. The van der Waals surface area contributed by atoms with Gasteiger partial charge in [-0.1, -0.05) is 0 Å². The first-order valence-electron chi connectivity index (χ1n) is 5.66. The lowest BCUT2D eigenvalue weighted by Gasteiger charge is -2.11. The van der Waals surface area contributed by atoms with Crippen LogP contribution in [0.25, 0.3) is 0 Å². The number of methoxy groups -OCH3 is 1. The lowest BCUT2D eigenvalue weighted by Crippen LogP contribution is -2.04. The molecule has 0 aliphatic carbocycles. The number of aryl methyl sites for hydroxylation is 2. The second-order valence-electron chi connectivity index (χ2n) is 4.10. The number of nitrogens with zero attached hydrogens (tertiary/aromatic N) is 2. The average Bonchev–Trinajstić information content (AvgIpc) is 2.65. The van der Waals surface area contributed by atoms with E-state index in [1.54, 1.807) is 30.0 Å². The largest absolute Gasteiger partial charge is 0.493 e. The highest BCUT2D eigenvalue weighted by Gasteiger charge is 2.07. The quantitative estimate of drug-likeness (QED) is 0.838. The lowest BCUT2D eigenvalue weighted by atomic mass is 10.3. The van der Waals surface area contributed by atoms with Crippen LogP contribution in [0.15, 0.2) is 24.3 Å². The van der Waals surface area contributed by atoms with Crippen molar-refractivity contribution in [2.75, 3.05) is 12.8 Å². The van der Waals surface area contributed by atoms with Crippen molar-refractivity contribution in [3.63, 3.8) is 0 Å². The predicted octanol–water partition coefficient (Wildman–Crippen LogP) is 1.90. The van der Waals surface area contributed by atoms with Crippen LogP contribution in [-0.2, 0) is 13.7 Å². The van der Waals surface area contributed by atoms with Crippen LogP contribution in [0, 0.1) is 6.92 Å². The number of nitrogen functional groups attached to an aromatic ring is 1. The van der Waals surface area contributed by atoms with E-state index in [4.69, 9.17) is 15.2 Å². The first-order chi connectivity index (χ1) is 8.60. The molecule has 0 spiro atoms. The molecule has 1 aromatic heterocycles. The highest BCUT2D eigenvalue weighted by atomic mass is 16.5. The van der Waals surface area contributed by atoms with Gasteiger partial charge in [-0.05, 0) is 25.1 Å². The molecule has 0 radical (unpaired) electrons. The molecule has 2 N–H and O–H groups in total. The fourth-order valence-corrected chi connectivity index (χ4v) is 1.76. The summed E-state index contributed by atoms with van der Waals surface area (Å²) in [6.45, 7) is 2.38. The van der Waals surface area contributed by atoms with Crippen molar-refractivity contribution in [3.8, 4) is 11.5 Å². The molecule has 96 valence electrons. The molecule has 18 heavy (non-hydrogen) atoms. The Morgan fingerprint density at radius 3 is 2.67 bits per heavy atom. The number of rotatable bonds is 4. The van der Waals surface area contributed by atoms with Crippen molar-refractivity contribution >= 4 is 5.69 Å². The Balaban J connectivity index is 2.14. The van der Waals surface area contributed by atoms with E-state index in [0.29, 0.717) is 23.8 Å². The summed E-state index contributed by atoms with van der Waals surface area (Å²) < 4.78 is 12.7. The summed E-state index contributed by atoms with van der Waals surface area (Å²) in [6.07, 6.45) is 0. The van der Waals surface area contributed by atoms with E-state index in [9.17, 15) is 0 Å². The zero-order valence-corrected chi connectivity index (χ0v) is 10.8. The van der Waals surface area contributed by atoms with Gasteiger partial charge in [-0.3, -0.25) is 4.68 Å². The third-order valence-electron chi connectivity index (χ3n) is 2.66. The molecule has 5 heteroatoms. The fourth-order valence-electron chi connectivity index (χ4n) is 1.76.